The van der Waals surface area contributed by atoms with Crippen LogP contribution < -0.4 is 16.0 Å². The zero-order chi connectivity index (χ0) is 37.3. The quantitative estimate of drug-likeness (QED) is 0.0561. The molecule has 2 aromatic heterocycles. The first kappa shape index (κ1) is 42.5. The molecule has 0 saturated carbocycles. The van der Waals surface area contributed by atoms with Crippen molar-refractivity contribution in [1.29, 1.82) is 0 Å². The van der Waals surface area contributed by atoms with E-state index in [1.54, 1.807) is 12.3 Å². The van der Waals surface area contributed by atoms with E-state index < -0.39 is 0 Å². The minimum Gasteiger partial charge on any atom is -0.400 e. The number of aliphatic hydroxyl groups excluding tert-OH is 1. The maximum absolute atomic E-state index is 13.0. The molecule has 0 radical (unpaired) electrons. The predicted molar refractivity (Wildman–Crippen MR) is 212 cm³/mol. The van der Waals surface area contributed by atoms with Crippen LogP contribution in [0.3, 0.4) is 0 Å². The van der Waals surface area contributed by atoms with Gasteiger partial charge in [-0.15, -0.1) is 0 Å². The second-order valence-electron chi connectivity index (χ2n) is 11.9. The summed E-state index contributed by atoms with van der Waals surface area (Å²) >= 11 is 0. The monoisotopic (exact) mass is 698 g/mol. The maximum atomic E-state index is 13.0. The second kappa shape index (κ2) is 25.3. The summed E-state index contributed by atoms with van der Waals surface area (Å²) in [6.45, 7) is 12.0. The number of anilines is 2. The highest BCUT2D eigenvalue weighted by Gasteiger charge is 2.12. The Kier molecular flexibility index (Phi) is 21.0. The molecule has 0 aliphatic carbocycles. The molecule has 3 aromatic rings. The lowest BCUT2D eigenvalue weighted by atomic mass is 9.94. The topological polar surface area (TPSA) is 137 Å². The third kappa shape index (κ3) is 15.4. The van der Waals surface area contributed by atoms with E-state index in [2.05, 4.69) is 74.1 Å². The molecule has 1 atom stereocenters. The van der Waals surface area contributed by atoms with Gasteiger partial charge in [-0.1, -0.05) is 50.3 Å². The molecule has 0 spiro atoms. The van der Waals surface area contributed by atoms with E-state index >= 15 is 0 Å². The zero-order valence-electron chi connectivity index (χ0n) is 31.1. The van der Waals surface area contributed by atoms with Crippen LogP contribution in [0.15, 0.2) is 83.9 Å². The van der Waals surface area contributed by atoms with Crippen LogP contribution in [-0.4, -0.2) is 91.1 Å². The Bertz CT molecular complexity index is 1540. The average Bonchev–Trinajstić information content (AvgIpc) is 3.65. The Morgan fingerprint density at radius 2 is 1.92 bits per heavy atom. The van der Waals surface area contributed by atoms with Gasteiger partial charge in [0.25, 0.3) is 5.91 Å². The number of nitrogens with zero attached hydrogens (tertiary/aromatic N) is 5. The van der Waals surface area contributed by atoms with Crippen molar-refractivity contribution in [2.75, 3.05) is 58.0 Å². The van der Waals surface area contributed by atoms with Gasteiger partial charge in [-0.3, -0.25) is 19.3 Å². The number of aryl methyl sites for hydroxylation is 1. The molecule has 3 heterocycles. The van der Waals surface area contributed by atoms with Gasteiger partial charge >= 0.3 is 0 Å². The minimum absolute atomic E-state index is 0.198. The molecule has 0 saturated heterocycles. The lowest BCUT2D eigenvalue weighted by molar-refractivity contribution is -0.104. The molecule has 276 valence electrons. The SMILES string of the molecule is C=N/C(C=O)=C\C=C/CCC(CCCn1cc(-c2ccc(C(=O)Nc3cc4c(cn3)/C=C/CN(C)CCCN4)cc2)cn1)CCNC.CC.CO. The molecular weight excluding hydrogens is 640 g/mol. The molecular formula is C40H58N8O3. The number of rotatable bonds is 16. The molecule has 4 N–H and O–H groups in total. The second-order valence-corrected chi connectivity index (χ2v) is 11.9. The fraction of sp³-hybridized carbons (Fsp3) is 0.425. The number of benzene rings is 1. The first-order valence-electron chi connectivity index (χ1n) is 17.9. The summed E-state index contributed by atoms with van der Waals surface area (Å²) in [5, 5.41) is 21.3. The summed E-state index contributed by atoms with van der Waals surface area (Å²) in [7, 11) is 5.10. The number of aldehydes is 1. The van der Waals surface area contributed by atoms with E-state index in [-0.39, 0.29) is 5.91 Å². The summed E-state index contributed by atoms with van der Waals surface area (Å²) in [4.78, 5) is 34.3. The number of carbonyl (C=O) groups is 2. The molecule has 1 amide bonds. The molecule has 1 aliphatic rings. The van der Waals surface area contributed by atoms with Gasteiger partial charge in [0.2, 0.25) is 0 Å². The fourth-order valence-electron chi connectivity index (χ4n) is 5.53. The van der Waals surface area contributed by atoms with Gasteiger partial charge in [-0.05, 0) is 102 Å². The van der Waals surface area contributed by atoms with Crippen molar-refractivity contribution in [1.82, 2.24) is 25.0 Å². The molecule has 51 heavy (non-hydrogen) atoms. The van der Waals surface area contributed by atoms with E-state index in [1.165, 1.54) is 0 Å². The summed E-state index contributed by atoms with van der Waals surface area (Å²) in [5.74, 6) is 0.921. The van der Waals surface area contributed by atoms with Crippen LogP contribution in [0.4, 0.5) is 11.5 Å². The Labute approximate surface area is 304 Å². The van der Waals surface area contributed by atoms with Gasteiger partial charge in [0.1, 0.15) is 11.5 Å². The normalized spacial score (nSPS) is 14.4. The lowest BCUT2D eigenvalue weighted by Gasteiger charge is -2.18. The molecule has 4 rings (SSSR count). The highest BCUT2D eigenvalue weighted by Crippen LogP contribution is 2.24. The van der Waals surface area contributed by atoms with E-state index in [1.807, 2.05) is 68.2 Å². The van der Waals surface area contributed by atoms with Crippen LogP contribution in [0, 0.1) is 5.92 Å². The number of aliphatic imine (C=N–C) groups is 1. The van der Waals surface area contributed by atoms with E-state index in [4.69, 9.17) is 5.11 Å². The average molecular weight is 699 g/mol. The maximum Gasteiger partial charge on any atom is 0.256 e. The summed E-state index contributed by atoms with van der Waals surface area (Å²) in [6.07, 6.45) is 22.6. The van der Waals surface area contributed by atoms with Crippen molar-refractivity contribution in [3.63, 3.8) is 0 Å². The Balaban J connectivity index is 0.00000217. The van der Waals surface area contributed by atoms with Crippen LogP contribution in [0.2, 0.25) is 0 Å². The molecule has 11 heteroatoms. The zero-order valence-corrected chi connectivity index (χ0v) is 31.1. The van der Waals surface area contributed by atoms with Crippen LogP contribution in [0.1, 0.15) is 68.3 Å². The number of aliphatic hydroxyl groups is 1. The van der Waals surface area contributed by atoms with Crippen molar-refractivity contribution < 1.29 is 14.7 Å². The number of nitrogens with one attached hydrogen (secondary N) is 3. The van der Waals surface area contributed by atoms with Crippen molar-refractivity contribution in [2.24, 2.45) is 10.9 Å². The van der Waals surface area contributed by atoms with Crippen LogP contribution in [0.25, 0.3) is 17.2 Å². The van der Waals surface area contributed by atoms with Gasteiger partial charge in [0.05, 0.1) is 6.20 Å². The Morgan fingerprint density at radius 1 is 1.14 bits per heavy atom. The summed E-state index contributed by atoms with van der Waals surface area (Å²) in [6, 6.07) is 9.49. The molecule has 11 nitrogen and oxygen atoms in total. The van der Waals surface area contributed by atoms with Crippen LogP contribution in [0.5, 0.6) is 0 Å². The fourth-order valence-corrected chi connectivity index (χ4v) is 5.53. The number of hydrogen-bond donors (Lipinski definition) is 4. The van der Waals surface area contributed by atoms with Gasteiger partial charge in [-0.2, -0.15) is 5.10 Å². The molecule has 1 unspecified atom stereocenters. The number of pyridine rings is 1. The molecule has 1 aromatic carbocycles. The number of likely N-dealkylation sites (N-methyl/N-ethyl adjacent to an activating group) is 1. The van der Waals surface area contributed by atoms with Crippen molar-refractivity contribution in [2.45, 2.75) is 58.9 Å². The highest BCUT2D eigenvalue weighted by molar-refractivity contribution is 6.04. The Hall–Kier alpha value is -4.71. The largest absolute Gasteiger partial charge is 0.400 e. The van der Waals surface area contributed by atoms with E-state index in [0.29, 0.717) is 29.3 Å². The van der Waals surface area contributed by atoms with Gasteiger partial charge < -0.3 is 26.0 Å². The lowest BCUT2D eigenvalue weighted by Crippen LogP contribution is -2.22. The standard InChI is InChI=1S/C37H48N8O2.C2H6.CH4O/c1-38-20-18-29(10-5-4-6-13-34(28-46)39-2)11-7-23-45-27-33(26-42-45)30-14-16-31(17-15-30)37(47)43-36-24-35-32(25-41-36)12-8-21-44(3)22-9-19-40-35;2*1-2/h4,6,8,12-17,24-29,38,40H,2,5,7,9-11,18-23H2,1,3H3,(H,41,43,47);1-2H3;2H,1H3/b6-4-,12-8+,34-13-;;. The van der Waals surface area contributed by atoms with E-state index in [0.717, 1.165) is 101 Å². The Morgan fingerprint density at radius 3 is 2.65 bits per heavy atom. The van der Waals surface area contributed by atoms with E-state index in [9.17, 15) is 9.59 Å². The summed E-state index contributed by atoms with van der Waals surface area (Å²) in [5.41, 5.74) is 4.91. The number of hydrogen-bond acceptors (Lipinski definition) is 9. The number of aromatic nitrogens is 3. The number of allylic oxidation sites excluding steroid dienone is 4. The molecule has 0 fully saturated rings. The third-order valence-corrected chi connectivity index (χ3v) is 8.29. The van der Waals surface area contributed by atoms with Crippen molar-refractivity contribution in [3.8, 4) is 11.1 Å². The van der Waals surface area contributed by atoms with Crippen molar-refractivity contribution >= 4 is 36.5 Å². The summed E-state index contributed by atoms with van der Waals surface area (Å²) < 4.78 is 2.00. The van der Waals surface area contributed by atoms with Gasteiger partial charge in [-0.25, -0.2) is 4.98 Å². The number of fused-ring (bicyclic) bond motifs is 1. The van der Waals surface area contributed by atoms with Crippen LogP contribution >= 0.6 is 0 Å². The third-order valence-electron chi connectivity index (χ3n) is 8.29. The van der Waals surface area contributed by atoms with Gasteiger partial charge in [0, 0.05) is 67.6 Å². The molecule has 1 aliphatic heterocycles. The highest BCUT2D eigenvalue weighted by atomic mass is 16.2. The van der Waals surface area contributed by atoms with Crippen molar-refractivity contribution in [3.05, 3.63) is 90.1 Å². The first-order chi connectivity index (χ1) is 25.0. The first-order valence-corrected chi connectivity index (χ1v) is 17.9. The number of amides is 1. The smallest absolute Gasteiger partial charge is 0.256 e. The minimum atomic E-state index is -0.198. The van der Waals surface area contributed by atoms with Gasteiger partial charge in [0.15, 0.2) is 6.29 Å². The van der Waals surface area contributed by atoms with Crippen LogP contribution in [-0.2, 0) is 11.3 Å². The predicted octanol–water partition coefficient (Wildman–Crippen LogP) is 6.72. The number of carbonyl (C=O) groups excluding carboxylic acids is 2. The molecule has 0 bridgehead atoms.